The zero-order valence-corrected chi connectivity index (χ0v) is 12.1. The molecule has 0 bridgehead atoms. The van der Waals surface area contributed by atoms with Crippen molar-refractivity contribution in [3.8, 4) is 0 Å². The molecule has 3 rings (SSSR count). The Bertz CT molecular complexity index is 716. The van der Waals surface area contributed by atoms with Gasteiger partial charge in [-0.15, -0.1) is 5.98 Å². The smallest absolute Gasteiger partial charge is 0.178 e. The minimum absolute atomic E-state index is 0.627. The third kappa shape index (κ3) is 2.13. The Kier molecular flexibility index (Phi) is 3.35. The summed E-state index contributed by atoms with van der Waals surface area (Å²) in [6.45, 7) is 4.55. The van der Waals surface area contributed by atoms with Crippen LogP contribution in [0.3, 0.4) is 0 Å². The summed E-state index contributed by atoms with van der Waals surface area (Å²) in [6.07, 6.45) is 5.18. The van der Waals surface area contributed by atoms with Gasteiger partial charge in [0.15, 0.2) is 7.28 Å². The molecule has 20 heavy (non-hydrogen) atoms. The van der Waals surface area contributed by atoms with E-state index >= 15 is 0 Å². The number of nitrogens with zero attached hydrogens (tertiary/aromatic N) is 1. The maximum Gasteiger partial charge on any atom is 0.178 e. The van der Waals surface area contributed by atoms with Crippen molar-refractivity contribution in [3.63, 3.8) is 0 Å². The van der Waals surface area contributed by atoms with Crippen LogP contribution in [0.15, 0.2) is 48.0 Å². The number of fused-ring (bicyclic) bond motifs is 1. The molecule has 2 aromatic rings. The summed E-state index contributed by atoms with van der Waals surface area (Å²) in [5.41, 5.74) is 12.0. The Morgan fingerprint density at radius 1 is 1.30 bits per heavy atom. The molecule has 1 unspecified atom stereocenters. The SMILES string of the molecule is CCC(C)C1=C(c2ccc3nccc(N)c3c2)C=CB1. The average Bonchev–Trinajstić information content (AvgIpc) is 2.96. The number of allylic oxidation sites excluding steroid dienone is 3. The number of aromatic nitrogens is 1. The molecule has 0 saturated carbocycles. The lowest BCUT2D eigenvalue weighted by Gasteiger charge is -2.14. The second-order valence-electron chi connectivity index (χ2n) is 5.49. The molecule has 1 atom stereocenters. The van der Waals surface area contributed by atoms with Crippen molar-refractivity contribution in [2.75, 3.05) is 5.73 Å². The number of pyridine rings is 1. The fourth-order valence-electron chi connectivity index (χ4n) is 2.85. The average molecular weight is 262 g/mol. The molecular formula is C17H19BN2. The number of nitrogen functional groups attached to an aromatic ring is 1. The molecular weight excluding hydrogens is 243 g/mol. The highest BCUT2D eigenvalue weighted by atomic mass is 14.7. The zero-order valence-electron chi connectivity index (χ0n) is 12.1. The molecule has 1 aromatic heterocycles. The first-order valence-corrected chi connectivity index (χ1v) is 7.25. The standard InChI is InChI=1S/C17H19BN2/c1-3-11(2)17-13(6-8-18-17)12-4-5-16-14(10-12)15(19)7-9-20-16/h4-11,18H,3H2,1-2H3,(H2,19,20). The molecule has 0 aliphatic carbocycles. The fraction of sp³-hybridized carbons (Fsp3) is 0.235. The summed E-state index contributed by atoms with van der Waals surface area (Å²) in [5, 5.41) is 1.04. The van der Waals surface area contributed by atoms with Crippen LogP contribution >= 0.6 is 0 Å². The minimum atomic E-state index is 0.627. The van der Waals surface area contributed by atoms with Gasteiger partial charge in [-0.05, 0) is 35.3 Å². The number of rotatable bonds is 3. The highest BCUT2D eigenvalue weighted by Crippen LogP contribution is 2.32. The molecule has 1 aromatic carbocycles. The molecule has 0 spiro atoms. The first-order chi connectivity index (χ1) is 9.70. The van der Waals surface area contributed by atoms with Crippen molar-refractivity contribution in [3.05, 3.63) is 53.5 Å². The lowest BCUT2D eigenvalue weighted by atomic mass is 9.66. The molecule has 2 nitrogen and oxygen atoms in total. The van der Waals surface area contributed by atoms with E-state index in [0.29, 0.717) is 5.92 Å². The molecule has 2 N–H and O–H groups in total. The van der Waals surface area contributed by atoms with Crippen LogP contribution in [0.1, 0.15) is 25.8 Å². The summed E-state index contributed by atoms with van der Waals surface area (Å²) >= 11 is 0. The van der Waals surface area contributed by atoms with Crippen LogP contribution in [0.5, 0.6) is 0 Å². The lowest BCUT2D eigenvalue weighted by molar-refractivity contribution is 0.686. The maximum absolute atomic E-state index is 6.07. The Balaban J connectivity index is 2.14. The van der Waals surface area contributed by atoms with E-state index in [1.807, 2.05) is 6.07 Å². The van der Waals surface area contributed by atoms with Crippen LogP contribution in [0.2, 0.25) is 0 Å². The van der Waals surface area contributed by atoms with E-state index < -0.39 is 0 Å². The maximum atomic E-state index is 6.07. The van der Waals surface area contributed by atoms with Gasteiger partial charge < -0.3 is 5.73 Å². The fourth-order valence-corrected chi connectivity index (χ4v) is 2.85. The molecule has 1 aliphatic rings. The highest BCUT2D eigenvalue weighted by Gasteiger charge is 2.17. The van der Waals surface area contributed by atoms with Gasteiger partial charge in [-0.25, -0.2) is 0 Å². The second kappa shape index (κ2) is 5.16. The van der Waals surface area contributed by atoms with Gasteiger partial charge in [0.05, 0.1) is 5.52 Å². The predicted octanol–water partition coefficient (Wildman–Crippen LogP) is 3.54. The van der Waals surface area contributed by atoms with Gasteiger partial charge >= 0.3 is 0 Å². The first-order valence-electron chi connectivity index (χ1n) is 7.25. The van der Waals surface area contributed by atoms with E-state index in [0.717, 1.165) is 23.9 Å². The topological polar surface area (TPSA) is 38.9 Å². The summed E-state index contributed by atoms with van der Waals surface area (Å²) in [6, 6.07) is 8.25. The second-order valence-corrected chi connectivity index (χ2v) is 5.49. The molecule has 0 radical (unpaired) electrons. The largest absolute Gasteiger partial charge is 0.398 e. The van der Waals surface area contributed by atoms with Crippen molar-refractivity contribution in [1.82, 2.24) is 4.98 Å². The minimum Gasteiger partial charge on any atom is -0.398 e. The Hall–Kier alpha value is -2.03. The highest BCUT2D eigenvalue weighted by molar-refractivity contribution is 6.55. The number of benzene rings is 1. The Labute approximate surface area is 120 Å². The van der Waals surface area contributed by atoms with Crippen molar-refractivity contribution in [2.24, 2.45) is 5.92 Å². The molecule has 1 aliphatic heterocycles. The van der Waals surface area contributed by atoms with Crippen LogP contribution in [0.4, 0.5) is 5.69 Å². The molecule has 3 heteroatoms. The van der Waals surface area contributed by atoms with Crippen LogP contribution in [0, 0.1) is 5.92 Å². The van der Waals surface area contributed by atoms with Crippen LogP contribution in [0.25, 0.3) is 16.5 Å². The van der Waals surface area contributed by atoms with Gasteiger partial charge in [0.25, 0.3) is 0 Å². The van der Waals surface area contributed by atoms with E-state index in [9.17, 15) is 0 Å². The van der Waals surface area contributed by atoms with Crippen molar-refractivity contribution >= 4 is 29.4 Å². The summed E-state index contributed by atoms with van der Waals surface area (Å²) in [7, 11) is 1.07. The molecule has 0 amide bonds. The Morgan fingerprint density at radius 2 is 2.15 bits per heavy atom. The van der Waals surface area contributed by atoms with Crippen molar-refractivity contribution < 1.29 is 0 Å². The van der Waals surface area contributed by atoms with Gasteiger partial charge in [0.2, 0.25) is 0 Å². The van der Waals surface area contributed by atoms with Crippen molar-refractivity contribution in [1.29, 1.82) is 0 Å². The van der Waals surface area contributed by atoms with E-state index in [2.05, 4.69) is 49.1 Å². The quantitative estimate of drug-likeness (QED) is 0.859. The van der Waals surface area contributed by atoms with Gasteiger partial charge in [0, 0.05) is 17.3 Å². The summed E-state index contributed by atoms with van der Waals surface area (Å²) < 4.78 is 0. The van der Waals surface area contributed by atoms with Gasteiger partial charge in [-0.2, -0.15) is 0 Å². The molecule has 100 valence electrons. The number of hydrogen-bond acceptors (Lipinski definition) is 2. The van der Waals surface area contributed by atoms with Gasteiger partial charge in [-0.3, -0.25) is 4.98 Å². The predicted molar refractivity (Wildman–Crippen MR) is 88.8 cm³/mol. The van der Waals surface area contributed by atoms with E-state index in [1.54, 1.807) is 6.20 Å². The summed E-state index contributed by atoms with van der Waals surface area (Å²) in [5.74, 6) is 2.88. The van der Waals surface area contributed by atoms with Crippen LogP contribution in [-0.4, -0.2) is 12.3 Å². The van der Waals surface area contributed by atoms with Crippen LogP contribution < -0.4 is 5.73 Å². The number of hydrogen-bond donors (Lipinski definition) is 1. The summed E-state index contributed by atoms with van der Waals surface area (Å²) in [4.78, 5) is 4.37. The third-order valence-corrected chi connectivity index (χ3v) is 4.26. The van der Waals surface area contributed by atoms with E-state index in [4.69, 9.17) is 5.73 Å². The van der Waals surface area contributed by atoms with E-state index in [-0.39, 0.29) is 0 Å². The zero-order chi connectivity index (χ0) is 14.1. The first kappa shape index (κ1) is 13.0. The normalized spacial score (nSPS) is 15.7. The lowest BCUT2D eigenvalue weighted by Crippen LogP contribution is -2.03. The van der Waals surface area contributed by atoms with E-state index in [1.165, 1.54) is 23.0 Å². The third-order valence-electron chi connectivity index (χ3n) is 4.26. The van der Waals surface area contributed by atoms with Gasteiger partial charge in [-0.1, -0.05) is 37.9 Å². The number of anilines is 1. The van der Waals surface area contributed by atoms with Crippen LogP contribution in [-0.2, 0) is 0 Å². The van der Waals surface area contributed by atoms with Crippen molar-refractivity contribution in [2.45, 2.75) is 20.3 Å². The number of nitrogens with two attached hydrogens (primary N) is 1. The molecule has 0 saturated heterocycles. The molecule has 2 heterocycles. The molecule has 0 fully saturated rings. The Morgan fingerprint density at radius 3 is 2.95 bits per heavy atom. The van der Waals surface area contributed by atoms with Gasteiger partial charge in [0.1, 0.15) is 0 Å². The monoisotopic (exact) mass is 262 g/mol.